The molecule has 0 aromatic heterocycles. The minimum atomic E-state index is -0.232. The number of anilines is 1. The molecule has 0 bridgehead atoms. The van der Waals surface area contributed by atoms with Crippen molar-refractivity contribution in [2.24, 2.45) is 0 Å². The lowest BCUT2D eigenvalue weighted by atomic mass is 10.2. The number of halogens is 1. The van der Waals surface area contributed by atoms with Gasteiger partial charge in [-0.1, -0.05) is 18.2 Å². The maximum atomic E-state index is 12.8. The van der Waals surface area contributed by atoms with Crippen LogP contribution in [0.25, 0.3) is 0 Å². The Morgan fingerprint density at radius 3 is 2.23 bits per heavy atom. The van der Waals surface area contributed by atoms with Gasteiger partial charge < -0.3 is 9.64 Å². The van der Waals surface area contributed by atoms with Gasteiger partial charge >= 0.3 is 0 Å². The molecule has 1 fully saturated rings. The summed E-state index contributed by atoms with van der Waals surface area (Å²) in [7, 11) is 0. The predicted molar refractivity (Wildman–Crippen MR) is 87.0 cm³/mol. The van der Waals surface area contributed by atoms with E-state index in [1.54, 1.807) is 12.1 Å². The second kappa shape index (κ2) is 7.27. The van der Waals surface area contributed by atoms with Gasteiger partial charge in [0.1, 0.15) is 18.2 Å². The molecule has 0 atom stereocenters. The Balaban J connectivity index is 1.40. The van der Waals surface area contributed by atoms with Crippen molar-refractivity contribution < 1.29 is 9.13 Å². The number of hydrogen-bond donors (Lipinski definition) is 0. The van der Waals surface area contributed by atoms with Gasteiger partial charge in [0, 0.05) is 38.4 Å². The van der Waals surface area contributed by atoms with Gasteiger partial charge in [-0.3, -0.25) is 4.90 Å². The summed E-state index contributed by atoms with van der Waals surface area (Å²) in [5, 5.41) is 0. The van der Waals surface area contributed by atoms with Crippen molar-refractivity contribution >= 4 is 5.69 Å². The molecule has 0 unspecified atom stereocenters. The van der Waals surface area contributed by atoms with Gasteiger partial charge in [-0.15, -0.1) is 0 Å². The lowest BCUT2D eigenvalue weighted by molar-refractivity contribution is 0.200. The molecule has 0 radical (unpaired) electrons. The average molecular weight is 300 g/mol. The van der Waals surface area contributed by atoms with E-state index >= 15 is 0 Å². The number of para-hydroxylation sites is 1. The molecule has 0 spiro atoms. The summed E-state index contributed by atoms with van der Waals surface area (Å²) in [6, 6.07) is 16.7. The van der Waals surface area contributed by atoms with Crippen LogP contribution in [0.3, 0.4) is 0 Å². The first kappa shape index (κ1) is 14.9. The van der Waals surface area contributed by atoms with Crippen LogP contribution in [0.5, 0.6) is 5.75 Å². The number of benzene rings is 2. The standard InChI is InChI=1S/C18H21FN2O/c19-16-6-8-18(9-7-16)22-15-14-20-10-12-21(13-11-20)17-4-2-1-3-5-17/h1-9H,10-15H2. The predicted octanol–water partition coefficient (Wildman–Crippen LogP) is 3.03. The zero-order valence-corrected chi connectivity index (χ0v) is 12.6. The first-order valence-corrected chi connectivity index (χ1v) is 7.72. The number of hydrogen-bond acceptors (Lipinski definition) is 3. The molecule has 22 heavy (non-hydrogen) atoms. The van der Waals surface area contributed by atoms with Crippen LogP contribution in [0.4, 0.5) is 10.1 Å². The van der Waals surface area contributed by atoms with Gasteiger partial charge in [0.25, 0.3) is 0 Å². The van der Waals surface area contributed by atoms with E-state index in [1.807, 2.05) is 6.07 Å². The van der Waals surface area contributed by atoms with Crippen molar-refractivity contribution in [2.75, 3.05) is 44.2 Å². The highest BCUT2D eigenvalue weighted by atomic mass is 19.1. The van der Waals surface area contributed by atoms with Crippen molar-refractivity contribution in [1.82, 2.24) is 4.90 Å². The van der Waals surface area contributed by atoms with Crippen LogP contribution in [0, 0.1) is 5.82 Å². The van der Waals surface area contributed by atoms with Crippen LogP contribution in [0.2, 0.25) is 0 Å². The molecule has 3 nitrogen and oxygen atoms in total. The normalized spacial score (nSPS) is 15.8. The molecule has 0 N–H and O–H groups in total. The Labute approximate surface area is 130 Å². The molecule has 1 heterocycles. The van der Waals surface area contributed by atoms with Gasteiger partial charge in [0.2, 0.25) is 0 Å². The summed E-state index contributed by atoms with van der Waals surface area (Å²) in [5.41, 5.74) is 1.30. The third-order valence-corrected chi connectivity index (χ3v) is 3.98. The van der Waals surface area contributed by atoms with E-state index in [9.17, 15) is 4.39 Å². The number of rotatable bonds is 5. The van der Waals surface area contributed by atoms with Crippen LogP contribution >= 0.6 is 0 Å². The van der Waals surface area contributed by atoms with Gasteiger partial charge in [-0.05, 0) is 36.4 Å². The van der Waals surface area contributed by atoms with E-state index in [0.717, 1.165) is 38.5 Å². The zero-order chi connectivity index (χ0) is 15.2. The molecule has 1 aliphatic rings. The van der Waals surface area contributed by atoms with Crippen LogP contribution < -0.4 is 9.64 Å². The summed E-state index contributed by atoms with van der Waals surface area (Å²) < 4.78 is 18.5. The molecule has 0 aliphatic carbocycles. The quantitative estimate of drug-likeness (QED) is 0.844. The number of ether oxygens (including phenoxy) is 1. The SMILES string of the molecule is Fc1ccc(OCCN2CCN(c3ccccc3)CC2)cc1. The van der Waals surface area contributed by atoms with E-state index in [4.69, 9.17) is 4.74 Å². The van der Waals surface area contributed by atoms with Gasteiger partial charge in [-0.2, -0.15) is 0 Å². The molecule has 3 rings (SSSR count). The fraction of sp³-hybridized carbons (Fsp3) is 0.333. The molecule has 0 saturated carbocycles. The summed E-state index contributed by atoms with van der Waals surface area (Å²) in [6.45, 7) is 5.71. The third kappa shape index (κ3) is 3.98. The fourth-order valence-corrected chi connectivity index (χ4v) is 2.69. The largest absolute Gasteiger partial charge is 0.492 e. The van der Waals surface area contributed by atoms with Crippen molar-refractivity contribution in [3.8, 4) is 5.75 Å². The van der Waals surface area contributed by atoms with Crippen LogP contribution in [0.15, 0.2) is 54.6 Å². The molecule has 1 saturated heterocycles. The van der Waals surface area contributed by atoms with Gasteiger partial charge in [-0.25, -0.2) is 4.39 Å². The second-order valence-corrected chi connectivity index (χ2v) is 5.47. The molecular weight excluding hydrogens is 279 g/mol. The van der Waals surface area contributed by atoms with Crippen molar-refractivity contribution in [2.45, 2.75) is 0 Å². The third-order valence-electron chi connectivity index (χ3n) is 3.98. The van der Waals surface area contributed by atoms with Crippen molar-refractivity contribution in [3.05, 3.63) is 60.4 Å². The Kier molecular flexibility index (Phi) is 4.91. The highest BCUT2D eigenvalue weighted by Crippen LogP contribution is 2.15. The van der Waals surface area contributed by atoms with E-state index in [2.05, 4.69) is 34.1 Å². The summed E-state index contributed by atoms with van der Waals surface area (Å²) in [5.74, 6) is 0.494. The van der Waals surface area contributed by atoms with Crippen LogP contribution in [-0.4, -0.2) is 44.2 Å². The Hall–Kier alpha value is -2.07. The Morgan fingerprint density at radius 1 is 0.864 bits per heavy atom. The van der Waals surface area contributed by atoms with Crippen molar-refractivity contribution in [3.63, 3.8) is 0 Å². The van der Waals surface area contributed by atoms with E-state index in [-0.39, 0.29) is 5.82 Å². The Morgan fingerprint density at radius 2 is 1.55 bits per heavy atom. The van der Waals surface area contributed by atoms with Gasteiger partial charge in [0.05, 0.1) is 0 Å². The topological polar surface area (TPSA) is 15.7 Å². The lowest BCUT2D eigenvalue weighted by Crippen LogP contribution is -2.47. The number of nitrogens with zero attached hydrogens (tertiary/aromatic N) is 2. The molecule has 4 heteroatoms. The summed E-state index contributed by atoms with van der Waals surface area (Å²) >= 11 is 0. The van der Waals surface area contributed by atoms with Gasteiger partial charge in [0.15, 0.2) is 0 Å². The monoisotopic (exact) mass is 300 g/mol. The van der Waals surface area contributed by atoms with Crippen LogP contribution in [0.1, 0.15) is 0 Å². The fourth-order valence-electron chi connectivity index (χ4n) is 2.69. The van der Waals surface area contributed by atoms with E-state index in [1.165, 1.54) is 17.8 Å². The highest BCUT2D eigenvalue weighted by Gasteiger charge is 2.16. The summed E-state index contributed by atoms with van der Waals surface area (Å²) in [4.78, 5) is 4.82. The van der Waals surface area contributed by atoms with Crippen molar-refractivity contribution in [1.29, 1.82) is 0 Å². The smallest absolute Gasteiger partial charge is 0.123 e. The highest BCUT2D eigenvalue weighted by molar-refractivity contribution is 5.46. The maximum absolute atomic E-state index is 12.8. The molecular formula is C18H21FN2O. The average Bonchev–Trinajstić information content (AvgIpc) is 2.58. The molecule has 1 aliphatic heterocycles. The maximum Gasteiger partial charge on any atom is 0.123 e. The van der Waals surface area contributed by atoms with E-state index < -0.39 is 0 Å². The molecule has 2 aromatic carbocycles. The minimum absolute atomic E-state index is 0.232. The summed E-state index contributed by atoms with van der Waals surface area (Å²) in [6.07, 6.45) is 0. The van der Waals surface area contributed by atoms with E-state index in [0.29, 0.717) is 6.61 Å². The zero-order valence-electron chi connectivity index (χ0n) is 12.6. The number of piperazine rings is 1. The first-order chi connectivity index (χ1) is 10.8. The Bertz CT molecular complexity index is 565. The lowest BCUT2D eigenvalue weighted by Gasteiger charge is -2.36. The molecule has 116 valence electrons. The molecule has 0 amide bonds. The van der Waals surface area contributed by atoms with Crippen LogP contribution in [-0.2, 0) is 0 Å². The second-order valence-electron chi connectivity index (χ2n) is 5.47. The minimum Gasteiger partial charge on any atom is -0.492 e. The first-order valence-electron chi connectivity index (χ1n) is 7.72. The molecule has 2 aromatic rings.